The number of hydrogen-bond donors (Lipinski definition) is 2. The monoisotopic (exact) mass is 307 g/mol. The van der Waals surface area contributed by atoms with Gasteiger partial charge in [0.1, 0.15) is 6.61 Å². The molecule has 0 unspecified atom stereocenters. The number of hydrogen-bond acceptors (Lipinski definition) is 7. The Morgan fingerprint density at radius 2 is 2.15 bits per heavy atom. The molecule has 2 amide bonds. The number of nitrogens with zero attached hydrogens (tertiary/aromatic N) is 1. The third-order valence-corrected chi connectivity index (χ3v) is 3.45. The van der Waals surface area contributed by atoms with Gasteiger partial charge in [0.15, 0.2) is 4.99 Å². The van der Waals surface area contributed by atoms with Crippen LogP contribution in [0.5, 0.6) is 0 Å². The largest absolute Gasteiger partial charge is 0.447 e. The van der Waals surface area contributed by atoms with Crippen molar-refractivity contribution in [3.8, 4) is 0 Å². The minimum Gasteiger partial charge on any atom is -0.447 e. The van der Waals surface area contributed by atoms with E-state index >= 15 is 0 Å². The molecule has 1 rings (SSSR count). The zero-order valence-electron chi connectivity index (χ0n) is 11.0. The number of amides is 2. The summed E-state index contributed by atoms with van der Waals surface area (Å²) in [4.78, 5) is 23.5. The molecule has 20 heavy (non-hydrogen) atoms. The molecule has 1 atom stereocenters. The number of nitrogens with one attached hydrogen (secondary N) is 1. The molecule has 0 aliphatic carbocycles. The van der Waals surface area contributed by atoms with Gasteiger partial charge in [-0.2, -0.15) is 8.42 Å². The normalized spacial score (nSPS) is 18.8. The first-order valence-electron chi connectivity index (χ1n) is 5.88. The van der Waals surface area contributed by atoms with Crippen molar-refractivity contribution in [2.45, 2.75) is 12.5 Å². The quantitative estimate of drug-likeness (QED) is 0.441. The fraction of sp³-hybridized carbons (Fsp3) is 0.700. The van der Waals surface area contributed by atoms with Crippen molar-refractivity contribution in [2.24, 2.45) is 5.73 Å². The zero-order chi connectivity index (χ0) is 15.1. The Balaban J connectivity index is 2.86. The number of carbonyl (C=O) groups is 2. The molecule has 0 radical (unpaired) electrons. The lowest BCUT2D eigenvalue weighted by Gasteiger charge is -2.32. The molecule has 0 spiro atoms. The van der Waals surface area contributed by atoms with E-state index in [1.54, 1.807) is 0 Å². The second-order valence-electron chi connectivity index (χ2n) is 4.01. The maximum Gasteiger partial charge on any atom is 0.414 e. The summed E-state index contributed by atoms with van der Waals surface area (Å²) in [5.74, 6) is -0.667. The van der Waals surface area contributed by atoms with Gasteiger partial charge in [0, 0.05) is 26.6 Å². The molecule has 3 N–H and O–H groups in total. The van der Waals surface area contributed by atoms with E-state index in [1.807, 2.05) is 0 Å². The molecule has 1 aliphatic rings. The number of piperazine rings is 1. The molecule has 1 fully saturated rings. The van der Waals surface area contributed by atoms with Gasteiger partial charge in [0.25, 0.3) is 0 Å². The van der Waals surface area contributed by atoms with E-state index in [9.17, 15) is 18.0 Å². The van der Waals surface area contributed by atoms with Crippen LogP contribution in [0.15, 0.2) is 0 Å². The standard InChI is InChI=1S/C10H17N3O6S/c1-18-4-5-19-10(15)13-3-2-12-7(6-8(11)14)9(13)20(16)17/h7,12H,2-6H2,1H3,(H2,11,14)/t7-/m1/s1. The second kappa shape index (κ2) is 7.82. The molecule has 0 aromatic heterocycles. The summed E-state index contributed by atoms with van der Waals surface area (Å²) < 4.78 is 32.2. The molecule has 114 valence electrons. The van der Waals surface area contributed by atoms with Crippen LogP contribution in [0.25, 0.3) is 0 Å². The van der Waals surface area contributed by atoms with E-state index in [0.29, 0.717) is 6.54 Å². The van der Waals surface area contributed by atoms with Gasteiger partial charge in [-0.3, -0.25) is 9.69 Å². The smallest absolute Gasteiger partial charge is 0.414 e. The van der Waals surface area contributed by atoms with Gasteiger partial charge in [-0.25, -0.2) is 4.79 Å². The highest BCUT2D eigenvalue weighted by atomic mass is 32.2. The number of ether oxygens (including phenoxy) is 2. The Hall–Kier alpha value is -1.65. The van der Waals surface area contributed by atoms with E-state index in [4.69, 9.17) is 15.2 Å². The molecule has 1 heterocycles. The minimum atomic E-state index is -2.67. The zero-order valence-corrected chi connectivity index (χ0v) is 11.8. The predicted octanol–water partition coefficient (Wildman–Crippen LogP) is -2.07. The first-order valence-corrected chi connectivity index (χ1v) is 6.96. The van der Waals surface area contributed by atoms with Crippen molar-refractivity contribution < 1.29 is 27.5 Å². The summed E-state index contributed by atoms with van der Waals surface area (Å²) in [6.45, 7) is 0.680. The second-order valence-corrected chi connectivity index (χ2v) is 4.90. The van der Waals surface area contributed by atoms with Crippen LogP contribution in [0, 0.1) is 0 Å². The first kappa shape index (κ1) is 16.4. The SMILES string of the molecule is COCCOC(=O)N1CCN[C@H](CC(N)=O)C1=S(=O)=O. The van der Waals surface area contributed by atoms with Gasteiger partial charge in [0.2, 0.25) is 16.2 Å². The van der Waals surface area contributed by atoms with Gasteiger partial charge in [-0.1, -0.05) is 0 Å². The lowest BCUT2D eigenvalue weighted by Crippen LogP contribution is -2.58. The lowest BCUT2D eigenvalue weighted by molar-refractivity contribution is -0.118. The lowest BCUT2D eigenvalue weighted by atomic mass is 10.1. The third-order valence-electron chi connectivity index (χ3n) is 2.60. The average Bonchev–Trinajstić information content (AvgIpc) is 2.37. The summed E-state index contributed by atoms with van der Waals surface area (Å²) in [5, 5.41) is 2.83. The molecular formula is C10H17N3O6S. The third kappa shape index (κ3) is 4.47. The number of rotatable bonds is 5. The Morgan fingerprint density at radius 3 is 2.70 bits per heavy atom. The van der Waals surface area contributed by atoms with Gasteiger partial charge < -0.3 is 20.5 Å². The summed E-state index contributed by atoms with van der Waals surface area (Å²) in [6.07, 6.45) is -1.01. The van der Waals surface area contributed by atoms with Crippen LogP contribution in [0.2, 0.25) is 0 Å². The van der Waals surface area contributed by atoms with Gasteiger partial charge in [-0.15, -0.1) is 0 Å². The highest BCUT2D eigenvalue weighted by molar-refractivity contribution is 7.73. The Bertz CT molecular complexity index is 495. The number of primary amides is 1. The van der Waals surface area contributed by atoms with Crippen molar-refractivity contribution in [2.75, 3.05) is 33.4 Å². The van der Waals surface area contributed by atoms with Crippen LogP contribution >= 0.6 is 0 Å². The van der Waals surface area contributed by atoms with Crippen LogP contribution in [-0.4, -0.2) is 69.8 Å². The fourth-order valence-corrected chi connectivity index (χ4v) is 2.52. The van der Waals surface area contributed by atoms with E-state index in [1.165, 1.54) is 7.11 Å². The molecule has 0 aromatic rings. The summed E-state index contributed by atoms with van der Waals surface area (Å²) >= 11 is 0. The molecular weight excluding hydrogens is 290 g/mol. The molecule has 0 bridgehead atoms. The first-order chi connectivity index (χ1) is 9.47. The molecule has 1 saturated heterocycles. The Labute approximate surface area is 117 Å². The van der Waals surface area contributed by atoms with Crippen molar-refractivity contribution >= 4 is 27.3 Å². The molecule has 1 aliphatic heterocycles. The van der Waals surface area contributed by atoms with E-state index in [2.05, 4.69) is 5.32 Å². The van der Waals surface area contributed by atoms with Crippen LogP contribution in [0.4, 0.5) is 4.79 Å². The van der Waals surface area contributed by atoms with Crippen LogP contribution < -0.4 is 11.1 Å². The highest BCUT2D eigenvalue weighted by Crippen LogP contribution is 2.08. The highest BCUT2D eigenvalue weighted by Gasteiger charge is 2.33. The molecule has 0 saturated carbocycles. The topological polar surface area (TPSA) is 128 Å². The van der Waals surface area contributed by atoms with Crippen molar-refractivity contribution in [3.63, 3.8) is 0 Å². The van der Waals surface area contributed by atoms with Crippen molar-refractivity contribution in [1.29, 1.82) is 0 Å². The average molecular weight is 307 g/mol. The van der Waals surface area contributed by atoms with E-state index in [0.717, 1.165) is 4.90 Å². The minimum absolute atomic E-state index is 0.0124. The fourth-order valence-electron chi connectivity index (χ4n) is 1.77. The van der Waals surface area contributed by atoms with Crippen LogP contribution in [0.1, 0.15) is 6.42 Å². The molecule has 10 heteroatoms. The predicted molar refractivity (Wildman–Crippen MR) is 69.5 cm³/mol. The molecule has 0 aromatic carbocycles. The summed E-state index contributed by atoms with van der Waals surface area (Å²) in [5.41, 5.74) is 5.06. The molecule has 9 nitrogen and oxygen atoms in total. The van der Waals surface area contributed by atoms with E-state index < -0.39 is 28.3 Å². The number of methoxy groups -OCH3 is 1. The van der Waals surface area contributed by atoms with Crippen LogP contribution in [0.3, 0.4) is 0 Å². The summed E-state index contributed by atoms with van der Waals surface area (Å²) in [6, 6.07) is -0.824. The van der Waals surface area contributed by atoms with Gasteiger partial charge in [-0.05, 0) is 0 Å². The van der Waals surface area contributed by atoms with Crippen LogP contribution in [-0.2, 0) is 24.6 Å². The van der Waals surface area contributed by atoms with Crippen molar-refractivity contribution in [3.05, 3.63) is 0 Å². The van der Waals surface area contributed by atoms with E-state index in [-0.39, 0.29) is 31.2 Å². The summed E-state index contributed by atoms with van der Waals surface area (Å²) in [7, 11) is -1.22. The number of carbonyl (C=O) groups excluding carboxylic acids is 2. The maximum absolute atomic E-state index is 11.8. The Morgan fingerprint density at radius 1 is 1.45 bits per heavy atom. The maximum atomic E-state index is 11.8. The van der Waals surface area contributed by atoms with Gasteiger partial charge >= 0.3 is 6.09 Å². The van der Waals surface area contributed by atoms with Gasteiger partial charge in [0.05, 0.1) is 12.6 Å². The van der Waals surface area contributed by atoms with Crippen molar-refractivity contribution in [1.82, 2.24) is 10.2 Å². The number of nitrogens with two attached hydrogens (primary N) is 1. The Kier molecular flexibility index (Phi) is 6.42.